The van der Waals surface area contributed by atoms with Gasteiger partial charge in [-0.1, -0.05) is 5.70 Å². The second kappa shape index (κ2) is 11.5. The molecule has 0 spiro atoms. The molecule has 3 fully saturated rings. The zero-order valence-corrected chi connectivity index (χ0v) is 20.4. The number of hydrogen-bond acceptors (Lipinski definition) is 8. The molecule has 3 aliphatic rings. The molecule has 0 aromatic rings. The number of ether oxygens (including phenoxy) is 3. The van der Waals surface area contributed by atoms with Gasteiger partial charge in [-0.05, 0) is 26.1 Å². The lowest BCUT2D eigenvalue weighted by Crippen LogP contribution is -2.78. The van der Waals surface area contributed by atoms with Crippen LogP contribution in [0.5, 0.6) is 0 Å². The van der Waals surface area contributed by atoms with Crippen LogP contribution in [0.15, 0.2) is 11.4 Å². The van der Waals surface area contributed by atoms with Crippen molar-refractivity contribution in [2.24, 2.45) is 0 Å². The van der Waals surface area contributed by atoms with E-state index in [1.54, 1.807) is 0 Å². The number of nitrogens with zero attached hydrogens (tertiary/aromatic N) is 3. The van der Waals surface area contributed by atoms with Crippen molar-refractivity contribution in [3.8, 4) is 0 Å². The predicted octanol–water partition coefficient (Wildman–Crippen LogP) is 0.702. The Morgan fingerprint density at radius 2 is 1.00 bits per heavy atom. The molecule has 3 rings (SSSR count). The van der Waals surface area contributed by atoms with Crippen molar-refractivity contribution in [1.82, 2.24) is 13.7 Å². The lowest BCUT2D eigenvalue weighted by molar-refractivity contribution is 0.0186. The Morgan fingerprint density at radius 3 is 1.31 bits per heavy atom. The van der Waals surface area contributed by atoms with Crippen LogP contribution in [0.1, 0.15) is 13.8 Å². The van der Waals surface area contributed by atoms with Gasteiger partial charge in [0.2, 0.25) is 0 Å². The Hall–Kier alpha value is -0.146. The third kappa shape index (κ3) is 5.76. The van der Waals surface area contributed by atoms with E-state index < -0.39 is 17.1 Å². The van der Waals surface area contributed by atoms with E-state index in [-0.39, 0.29) is 0 Å². The van der Waals surface area contributed by atoms with Gasteiger partial charge in [0, 0.05) is 52.5 Å². The van der Waals surface area contributed by atoms with E-state index in [4.69, 9.17) is 23.1 Å². The molecule has 3 saturated heterocycles. The number of morpholine rings is 3. The van der Waals surface area contributed by atoms with E-state index >= 15 is 0 Å². The molecule has 8 nitrogen and oxygen atoms in total. The highest BCUT2D eigenvalue weighted by Crippen LogP contribution is 2.27. The van der Waals surface area contributed by atoms with Crippen LogP contribution < -0.4 is 0 Å². The van der Waals surface area contributed by atoms with Crippen molar-refractivity contribution in [1.29, 1.82) is 0 Å². The van der Waals surface area contributed by atoms with Crippen molar-refractivity contribution < 1.29 is 23.1 Å². The third-order valence-electron chi connectivity index (χ3n) is 5.90. The monoisotopic (exact) mass is 445 g/mol. The normalized spacial score (nSPS) is 24.4. The molecule has 0 aliphatic carbocycles. The van der Waals surface area contributed by atoms with E-state index in [2.05, 4.69) is 45.5 Å². The minimum atomic E-state index is -2.37. The summed E-state index contributed by atoms with van der Waals surface area (Å²) >= 11 is 0. The predicted molar refractivity (Wildman–Crippen MR) is 117 cm³/mol. The van der Waals surface area contributed by atoms with Gasteiger partial charge in [0.25, 0.3) is 0 Å². The highest BCUT2D eigenvalue weighted by molar-refractivity contribution is 6.80. The van der Waals surface area contributed by atoms with E-state index in [1.165, 1.54) is 0 Å². The van der Waals surface area contributed by atoms with Gasteiger partial charge in [0.1, 0.15) is 0 Å². The van der Waals surface area contributed by atoms with Crippen LogP contribution in [0.4, 0.5) is 0 Å². The summed E-state index contributed by atoms with van der Waals surface area (Å²) in [4.78, 5) is 0. The second-order valence-electron chi connectivity index (χ2n) is 7.70. The maximum absolute atomic E-state index is 6.15. The van der Waals surface area contributed by atoms with E-state index in [9.17, 15) is 0 Å². The molecule has 0 saturated carbocycles. The largest absolute Gasteiger partial charge is 0.392 e. The molecule has 168 valence electrons. The van der Waals surface area contributed by atoms with Gasteiger partial charge in [0.05, 0.1) is 39.6 Å². The van der Waals surface area contributed by atoms with Crippen LogP contribution in [-0.2, 0) is 23.1 Å². The SMILES string of the molecule is CCO[Si](C)(C=C[Si](N1CCOCC1)(N1CCOCC1)N1CCOCC1)OCC. The molecule has 0 bridgehead atoms. The fraction of sp³-hybridized carbons (Fsp3) is 0.895. The fourth-order valence-electron chi connectivity index (χ4n) is 4.57. The molecule has 0 unspecified atom stereocenters. The minimum Gasteiger partial charge on any atom is -0.392 e. The van der Waals surface area contributed by atoms with Crippen LogP contribution in [0.3, 0.4) is 0 Å². The fourth-order valence-corrected chi connectivity index (χ4v) is 12.5. The molecule has 0 atom stereocenters. The van der Waals surface area contributed by atoms with Gasteiger partial charge < -0.3 is 23.1 Å². The third-order valence-corrected chi connectivity index (χ3v) is 13.5. The molecule has 3 heterocycles. The van der Waals surface area contributed by atoms with Crippen molar-refractivity contribution in [3.63, 3.8) is 0 Å². The van der Waals surface area contributed by atoms with Gasteiger partial charge in [0.15, 0.2) is 0 Å². The Bertz CT molecular complexity index is 459. The molecule has 0 aromatic carbocycles. The molecule has 0 N–H and O–H groups in total. The summed E-state index contributed by atoms with van der Waals surface area (Å²) in [6.45, 7) is 18.2. The Balaban J connectivity index is 1.99. The maximum Gasteiger partial charge on any atom is 0.361 e. The first-order valence-corrected chi connectivity index (χ1v) is 15.4. The summed E-state index contributed by atoms with van der Waals surface area (Å²) in [6.07, 6.45) is 0. The van der Waals surface area contributed by atoms with Crippen LogP contribution >= 0.6 is 0 Å². The van der Waals surface area contributed by atoms with Crippen molar-refractivity contribution >= 4 is 17.1 Å². The van der Waals surface area contributed by atoms with Crippen LogP contribution in [-0.4, -0.2) is 123 Å². The summed E-state index contributed by atoms with van der Waals surface area (Å²) in [5, 5.41) is 0. The van der Waals surface area contributed by atoms with Gasteiger partial charge in [-0.2, -0.15) is 0 Å². The topological polar surface area (TPSA) is 55.9 Å². The van der Waals surface area contributed by atoms with Crippen LogP contribution in [0.2, 0.25) is 6.55 Å². The molecule has 3 aliphatic heterocycles. The smallest absolute Gasteiger partial charge is 0.361 e. The zero-order valence-electron chi connectivity index (χ0n) is 18.4. The highest BCUT2D eigenvalue weighted by atomic mass is 28.4. The van der Waals surface area contributed by atoms with E-state index in [0.717, 1.165) is 78.9 Å². The molecule has 0 aromatic heterocycles. The van der Waals surface area contributed by atoms with E-state index in [0.29, 0.717) is 13.2 Å². The van der Waals surface area contributed by atoms with E-state index in [1.807, 2.05) is 0 Å². The summed E-state index contributed by atoms with van der Waals surface area (Å²) < 4.78 is 37.6. The zero-order chi connectivity index (χ0) is 20.6. The Kier molecular flexibility index (Phi) is 9.30. The second-order valence-corrected chi connectivity index (χ2v) is 14.2. The molecule has 0 radical (unpaired) electrons. The molecule has 29 heavy (non-hydrogen) atoms. The Morgan fingerprint density at radius 1 is 0.655 bits per heavy atom. The van der Waals surface area contributed by atoms with Gasteiger partial charge in [-0.3, -0.25) is 13.7 Å². The van der Waals surface area contributed by atoms with Crippen molar-refractivity contribution in [3.05, 3.63) is 11.4 Å². The summed E-state index contributed by atoms with van der Waals surface area (Å²) in [5.74, 6) is 0. The molecular formula is C19H39N3O5Si2. The first-order chi connectivity index (χ1) is 14.1. The van der Waals surface area contributed by atoms with Crippen molar-refractivity contribution in [2.75, 3.05) is 92.1 Å². The lowest BCUT2D eigenvalue weighted by atomic mass is 10.5. The molecular weight excluding hydrogens is 406 g/mol. The minimum absolute atomic E-state index is 0.675. The average Bonchev–Trinajstić information content (AvgIpc) is 2.77. The van der Waals surface area contributed by atoms with Gasteiger partial charge in [-0.15, -0.1) is 0 Å². The van der Waals surface area contributed by atoms with Crippen LogP contribution in [0.25, 0.3) is 0 Å². The quantitative estimate of drug-likeness (QED) is 0.481. The summed E-state index contributed by atoms with van der Waals surface area (Å²) in [7, 11) is -4.68. The lowest BCUT2D eigenvalue weighted by Gasteiger charge is -2.55. The van der Waals surface area contributed by atoms with Crippen molar-refractivity contribution in [2.45, 2.75) is 20.4 Å². The van der Waals surface area contributed by atoms with Crippen LogP contribution in [0, 0.1) is 0 Å². The highest BCUT2D eigenvalue weighted by Gasteiger charge is 2.51. The molecule has 0 amide bonds. The summed E-state index contributed by atoms with van der Waals surface area (Å²) in [6, 6.07) is 0. The number of hydrogen-bond donors (Lipinski definition) is 0. The first-order valence-electron chi connectivity index (χ1n) is 11.1. The number of rotatable bonds is 9. The first kappa shape index (κ1) is 23.5. The Labute approximate surface area is 178 Å². The average molecular weight is 446 g/mol. The molecule has 10 heteroatoms. The summed E-state index contributed by atoms with van der Waals surface area (Å²) in [5.41, 5.74) is 4.82. The van der Waals surface area contributed by atoms with Gasteiger partial charge >= 0.3 is 17.1 Å². The maximum atomic E-state index is 6.15. The standard InChI is InChI=1S/C19H39N3O5Si2/c1-4-26-28(3,27-5-2)18-19-29(20-6-12-23-13-7-20,21-8-14-24-15-9-21)22-10-16-25-17-11-22/h18-19H,4-17H2,1-3H3. The van der Waals surface area contributed by atoms with Gasteiger partial charge in [-0.25, -0.2) is 0 Å².